The third-order valence-corrected chi connectivity index (χ3v) is 11.7. The molecule has 0 spiro atoms. The van der Waals surface area contributed by atoms with Crippen LogP contribution in [-0.4, -0.2) is 37.2 Å². The fourth-order valence-electron chi connectivity index (χ4n) is 7.47. The second kappa shape index (κ2) is 53.5. The van der Waals surface area contributed by atoms with Gasteiger partial charge in [0.15, 0.2) is 6.10 Å². The summed E-state index contributed by atoms with van der Waals surface area (Å²) >= 11 is 0. The second-order valence-electron chi connectivity index (χ2n) is 18.1. The summed E-state index contributed by atoms with van der Waals surface area (Å²) in [6, 6.07) is 0. The smallest absolute Gasteiger partial charge is 0.306 e. The van der Waals surface area contributed by atoms with E-state index in [1.165, 1.54) is 135 Å². The van der Waals surface area contributed by atoms with E-state index < -0.39 is 6.10 Å². The molecule has 0 aromatic carbocycles. The molecule has 6 heteroatoms. The first-order valence-electron chi connectivity index (χ1n) is 27.4. The van der Waals surface area contributed by atoms with E-state index in [1.807, 2.05) is 0 Å². The Balaban J connectivity index is 4.46. The number of carbonyl (C=O) groups excluding carboxylic acids is 3. The van der Waals surface area contributed by atoms with E-state index in [2.05, 4.69) is 93.7 Å². The van der Waals surface area contributed by atoms with Gasteiger partial charge in [0.25, 0.3) is 0 Å². The average Bonchev–Trinajstić information content (AvgIpc) is 3.30. The lowest BCUT2D eigenvalue weighted by molar-refractivity contribution is -0.167. The van der Waals surface area contributed by atoms with Crippen molar-refractivity contribution >= 4 is 17.9 Å². The van der Waals surface area contributed by atoms with Gasteiger partial charge in [-0.15, -0.1) is 0 Å². The summed E-state index contributed by atoms with van der Waals surface area (Å²) < 4.78 is 16.8. The van der Waals surface area contributed by atoms with Gasteiger partial charge in [-0.25, -0.2) is 0 Å². The number of esters is 3. The van der Waals surface area contributed by atoms with Gasteiger partial charge in [0, 0.05) is 19.3 Å². The molecule has 0 unspecified atom stereocenters. The maximum atomic E-state index is 12.8. The Kier molecular flexibility index (Phi) is 50.9. The molecule has 0 saturated carbocycles. The number of carbonyl (C=O) groups is 3. The Morgan fingerprint density at radius 3 is 0.938 bits per heavy atom. The highest BCUT2D eigenvalue weighted by molar-refractivity contribution is 5.71. The van der Waals surface area contributed by atoms with Gasteiger partial charge in [-0.2, -0.15) is 0 Å². The number of hydrogen-bond donors (Lipinski definition) is 0. The highest BCUT2D eigenvalue weighted by atomic mass is 16.6. The van der Waals surface area contributed by atoms with Gasteiger partial charge in [-0.3, -0.25) is 14.4 Å². The molecule has 0 aliphatic rings. The Morgan fingerprint density at radius 2 is 0.554 bits per heavy atom. The van der Waals surface area contributed by atoms with Crippen molar-refractivity contribution in [2.75, 3.05) is 13.2 Å². The SMILES string of the molecule is CCCCC/C=C\C/C=C\C/C=C\CCCCC(=O)OC[C@H](COC(=O)CCCCCCC/C=C\CCCCCCCC)OC(=O)CCCCCCCCC/C=C\C/C=C\CCCCC. The van der Waals surface area contributed by atoms with E-state index in [0.29, 0.717) is 19.3 Å². The number of hydrogen-bond acceptors (Lipinski definition) is 6. The summed E-state index contributed by atoms with van der Waals surface area (Å²) in [6.45, 7) is 6.54. The van der Waals surface area contributed by atoms with Gasteiger partial charge in [0.05, 0.1) is 0 Å². The Hall–Kier alpha value is -3.15. The lowest BCUT2D eigenvalue weighted by Crippen LogP contribution is -2.30. The largest absolute Gasteiger partial charge is 0.462 e. The van der Waals surface area contributed by atoms with Crippen LogP contribution in [0.4, 0.5) is 0 Å². The zero-order valence-electron chi connectivity index (χ0n) is 42.7. The number of unbranched alkanes of at least 4 members (excludes halogenated alkanes) is 26. The van der Waals surface area contributed by atoms with Crippen LogP contribution in [0.25, 0.3) is 0 Å². The van der Waals surface area contributed by atoms with Crippen LogP contribution in [0.5, 0.6) is 0 Å². The van der Waals surface area contributed by atoms with Crippen LogP contribution >= 0.6 is 0 Å². The fraction of sp³-hybridized carbons (Fsp3) is 0.746. The molecule has 0 aromatic rings. The lowest BCUT2D eigenvalue weighted by Gasteiger charge is -2.18. The van der Waals surface area contributed by atoms with Gasteiger partial charge in [-0.1, -0.05) is 203 Å². The van der Waals surface area contributed by atoms with Crippen LogP contribution < -0.4 is 0 Å². The van der Waals surface area contributed by atoms with E-state index >= 15 is 0 Å². The van der Waals surface area contributed by atoms with E-state index in [1.54, 1.807) is 0 Å². The Labute approximate surface area is 402 Å². The second-order valence-corrected chi connectivity index (χ2v) is 18.1. The first-order chi connectivity index (χ1) is 32.0. The predicted molar refractivity (Wildman–Crippen MR) is 279 cm³/mol. The van der Waals surface area contributed by atoms with Crippen LogP contribution in [0.2, 0.25) is 0 Å². The molecule has 0 heterocycles. The summed E-state index contributed by atoms with van der Waals surface area (Å²) in [7, 11) is 0. The van der Waals surface area contributed by atoms with Crippen molar-refractivity contribution in [3.63, 3.8) is 0 Å². The molecule has 1 atom stereocenters. The highest BCUT2D eigenvalue weighted by Crippen LogP contribution is 2.14. The third kappa shape index (κ3) is 51.7. The highest BCUT2D eigenvalue weighted by Gasteiger charge is 2.19. The molecule has 0 rings (SSSR count). The first kappa shape index (κ1) is 61.9. The molecule has 0 aliphatic carbocycles. The van der Waals surface area contributed by atoms with Crippen molar-refractivity contribution in [1.29, 1.82) is 0 Å². The van der Waals surface area contributed by atoms with E-state index in [-0.39, 0.29) is 31.1 Å². The lowest BCUT2D eigenvalue weighted by atomic mass is 10.1. The van der Waals surface area contributed by atoms with Crippen LogP contribution in [-0.2, 0) is 28.6 Å². The molecule has 0 aromatic heterocycles. The molecule has 374 valence electrons. The Bertz CT molecular complexity index is 1230. The average molecular weight is 907 g/mol. The monoisotopic (exact) mass is 907 g/mol. The van der Waals surface area contributed by atoms with Crippen molar-refractivity contribution in [3.8, 4) is 0 Å². The molecule has 0 fully saturated rings. The zero-order valence-corrected chi connectivity index (χ0v) is 42.7. The molecule has 65 heavy (non-hydrogen) atoms. The van der Waals surface area contributed by atoms with Crippen molar-refractivity contribution in [2.45, 2.75) is 271 Å². The molecule has 0 aliphatic heterocycles. The minimum Gasteiger partial charge on any atom is -0.462 e. The molecule has 6 nitrogen and oxygen atoms in total. The van der Waals surface area contributed by atoms with Gasteiger partial charge in [-0.05, 0) is 116 Å². The summed E-state index contributed by atoms with van der Waals surface area (Å²) in [5.41, 5.74) is 0. The number of allylic oxidation sites excluding steroid dienone is 12. The maximum absolute atomic E-state index is 12.8. The van der Waals surface area contributed by atoms with Gasteiger partial charge in [0.1, 0.15) is 13.2 Å². The first-order valence-corrected chi connectivity index (χ1v) is 27.4. The number of ether oxygens (including phenoxy) is 3. The molecule has 0 radical (unpaired) electrons. The topological polar surface area (TPSA) is 78.9 Å². The van der Waals surface area contributed by atoms with Gasteiger partial charge >= 0.3 is 17.9 Å². The standard InChI is InChI=1S/C59H102O6/c1-4-7-10-13-16-19-22-25-28-29-32-35-38-41-44-47-50-53-59(62)65-56(54-63-57(60)51-48-45-42-39-36-33-30-26-23-20-17-14-11-8-5-2)55-64-58(61)52-49-46-43-40-37-34-31-27-24-21-18-15-12-9-6-3/h16-17,19-20,25-28,30-31,36,39,56H,4-15,18,21-24,29,32-35,37-38,40-55H2,1-3H3/b19-16-,20-17-,28-25-,30-26-,31-27-,39-36-/t56-/m1/s1. The third-order valence-electron chi connectivity index (χ3n) is 11.7. The van der Waals surface area contributed by atoms with E-state index in [0.717, 1.165) is 89.9 Å². The molecule has 0 bridgehead atoms. The summed E-state index contributed by atoms with van der Waals surface area (Å²) in [5.74, 6) is -0.946. The zero-order chi connectivity index (χ0) is 47.2. The van der Waals surface area contributed by atoms with Gasteiger partial charge in [0.2, 0.25) is 0 Å². The van der Waals surface area contributed by atoms with Crippen LogP contribution in [0, 0.1) is 0 Å². The number of rotatable bonds is 49. The van der Waals surface area contributed by atoms with Crippen molar-refractivity contribution < 1.29 is 28.6 Å². The summed E-state index contributed by atoms with van der Waals surface area (Å²) in [4.78, 5) is 38.1. The van der Waals surface area contributed by atoms with Crippen molar-refractivity contribution in [1.82, 2.24) is 0 Å². The Morgan fingerprint density at radius 1 is 0.308 bits per heavy atom. The molecular formula is C59H102O6. The van der Waals surface area contributed by atoms with Crippen molar-refractivity contribution in [3.05, 3.63) is 72.9 Å². The normalized spacial score (nSPS) is 12.6. The fourth-order valence-corrected chi connectivity index (χ4v) is 7.47. The summed E-state index contributed by atoms with van der Waals surface area (Å²) in [6.07, 6.45) is 67.4. The van der Waals surface area contributed by atoms with Crippen LogP contribution in [0.3, 0.4) is 0 Å². The predicted octanol–water partition coefficient (Wildman–Crippen LogP) is 18.2. The van der Waals surface area contributed by atoms with Gasteiger partial charge < -0.3 is 14.2 Å². The van der Waals surface area contributed by atoms with Crippen molar-refractivity contribution in [2.24, 2.45) is 0 Å². The minimum atomic E-state index is -0.798. The molecular weight excluding hydrogens is 805 g/mol. The summed E-state index contributed by atoms with van der Waals surface area (Å²) in [5, 5.41) is 0. The van der Waals surface area contributed by atoms with E-state index in [4.69, 9.17) is 14.2 Å². The maximum Gasteiger partial charge on any atom is 0.306 e. The van der Waals surface area contributed by atoms with Crippen LogP contribution in [0.1, 0.15) is 265 Å². The quantitative estimate of drug-likeness (QED) is 0.0262. The van der Waals surface area contributed by atoms with Crippen LogP contribution in [0.15, 0.2) is 72.9 Å². The molecule has 0 saturated heterocycles. The molecule has 0 amide bonds. The van der Waals surface area contributed by atoms with E-state index in [9.17, 15) is 14.4 Å². The molecule has 0 N–H and O–H groups in total. The minimum absolute atomic E-state index is 0.0949.